The third-order valence-electron chi connectivity index (χ3n) is 1.81. The summed E-state index contributed by atoms with van der Waals surface area (Å²) in [4.78, 5) is 0. The van der Waals surface area contributed by atoms with Gasteiger partial charge in [0.2, 0.25) is 0 Å². The van der Waals surface area contributed by atoms with Crippen molar-refractivity contribution in [2.45, 2.75) is 32.5 Å². The average Bonchev–Trinajstić information content (AvgIpc) is 1.61. The van der Waals surface area contributed by atoms with Crippen LogP contribution in [0, 0.1) is 5.92 Å². The molecule has 1 heterocycles. The number of aliphatic hydroxyl groups is 1. The molecule has 2 heteroatoms. The number of aliphatic hydroxyl groups excluding tert-OH is 1. The van der Waals surface area contributed by atoms with E-state index in [0.717, 1.165) is 6.42 Å². The van der Waals surface area contributed by atoms with E-state index in [0.29, 0.717) is 12.0 Å². The van der Waals surface area contributed by atoms with Crippen molar-refractivity contribution >= 4 is 0 Å². The first-order chi connectivity index (χ1) is 4.24. The minimum absolute atomic E-state index is 0.136. The summed E-state index contributed by atoms with van der Waals surface area (Å²) in [6, 6.07) is 0. The van der Waals surface area contributed by atoms with Crippen LogP contribution < -0.4 is 0 Å². The summed E-state index contributed by atoms with van der Waals surface area (Å²) < 4.78 is 5.30. The van der Waals surface area contributed by atoms with Crippen LogP contribution in [-0.4, -0.2) is 23.9 Å². The molecule has 0 spiro atoms. The van der Waals surface area contributed by atoms with Gasteiger partial charge in [-0.2, -0.15) is 0 Å². The van der Waals surface area contributed by atoms with Gasteiger partial charge in [-0.3, -0.25) is 0 Å². The van der Waals surface area contributed by atoms with Gasteiger partial charge in [-0.1, -0.05) is 13.8 Å². The maximum absolute atomic E-state index is 8.56. The van der Waals surface area contributed by atoms with Crippen LogP contribution in [0.5, 0.6) is 0 Å². The van der Waals surface area contributed by atoms with Gasteiger partial charge in [0.1, 0.15) is 0 Å². The molecule has 0 bridgehead atoms. The molecule has 0 radical (unpaired) electrons. The minimum atomic E-state index is 0.136. The maximum atomic E-state index is 8.56. The fourth-order valence-electron chi connectivity index (χ4n) is 1.04. The van der Waals surface area contributed by atoms with Crippen molar-refractivity contribution in [1.29, 1.82) is 0 Å². The Kier molecular flexibility index (Phi) is 2.09. The lowest BCUT2D eigenvalue weighted by atomic mass is 9.95. The van der Waals surface area contributed by atoms with E-state index in [-0.39, 0.29) is 12.7 Å². The van der Waals surface area contributed by atoms with Gasteiger partial charge in [0.25, 0.3) is 0 Å². The second kappa shape index (κ2) is 2.67. The van der Waals surface area contributed by atoms with E-state index < -0.39 is 0 Å². The highest BCUT2D eigenvalue weighted by Gasteiger charge is 2.31. The van der Waals surface area contributed by atoms with Crippen LogP contribution in [0.2, 0.25) is 0 Å². The lowest BCUT2D eigenvalue weighted by molar-refractivity contribution is -0.159. The van der Waals surface area contributed by atoms with E-state index in [2.05, 4.69) is 13.8 Å². The van der Waals surface area contributed by atoms with Crippen molar-refractivity contribution in [3.63, 3.8) is 0 Å². The Bertz CT molecular complexity index is 84.9. The first-order valence-electron chi connectivity index (χ1n) is 3.50. The Hall–Kier alpha value is -0.0800. The lowest BCUT2D eigenvalue weighted by Crippen LogP contribution is -2.42. The SMILES string of the molecule is CC(C)[C@H]1C[C@H](CO)O1. The highest BCUT2D eigenvalue weighted by Crippen LogP contribution is 2.25. The van der Waals surface area contributed by atoms with Crippen LogP contribution in [-0.2, 0) is 4.74 Å². The molecule has 0 aliphatic carbocycles. The third-order valence-corrected chi connectivity index (χ3v) is 1.81. The molecule has 0 amide bonds. The zero-order valence-electron chi connectivity index (χ0n) is 6.00. The van der Waals surface area contributed by atoms with Gasteiger partial charge in [0.15, 0.2) is 0 Å². The van der Waals surface area contributed by atoms with E-state index in [1.807, 2.05) is 0 Å². The van der Waals surface area contributed by atoms with Gasteiger partial charge >= 0.3 is 0 Å². The van der Waals surface area contributed by atoms with Crippen molar-refractivity contribution in [2.24, 2.45) is 5.92 Å². The summed E-state index contributed by atoms with van der Waals surface area (Å²) in [5, 5.41) is 8.56. The predicted molar refractivity (Wildman–Crippen MR) is 35.2 cm³/mol. The fourth-order valence-corrected chi connectivity index (χ4v) is 1.04. The Morgan fingerprint density at radius 2 is 2.22 bits per heavy atom. The van der Waals surface area contributed by atoms with E-state index in [4.69, 9.17) is 9.84 Å². The maximum Gasteiger partial charge on any atom is 0.0834 e. The van der Waals surface area contributed by atoms with Crippen LogP contribution >= 0.6 is 0 Å². The molecule has 1 N–H and O–H groups in total. The van der Waals surface area contributed by atoms with Crippen LogP contribution in [0.3, 0.4) is 0 Å². The van der Waals surface area contributed by atoms with Gasteiger partial charge in [-0.25, -0.2) is 0 Å². The van der Waals surface area contributed by atoms with Crippen LogP contribution in [0.25, 0.3) is 0 Å². The second-order valence-corrected chi connectivity index (χ2v) is 2.96. The number of rotatable bonds is 2. The zero-order valence-corrected chi connectivity index (χ0v) is 6.00. The molecule has 0 aromatic carbocycles. The molecule has 2 atom stereocenters. The Morgan fingerprint density at radius 3 is 2.56 bits per heavy atom. The monoisotopic (exact) mass is 130 g/mol. The molecule has 1 aliphatic heterocycles. The van der Waals surface area contributed by atoms with E-state index >= 15 is 0 Å². The smallest absolute Gasteiger partial charge is 0.0834 e. The molecule has 0 unspecified atom stereocenters. The molecule has 54 valence electrons. The zero-order chi connectivity index (χ0) is 6.85. The normalized spacial score (nSPS) is 34.7. The largest absolute Gasteiger partial charge is 0.394 e. The number of ether oxygens (including phenoxy) is 1. The number of hydrogen-bond acceptors (Lipinski definition) is 2. The summed E-state index contributed by atoms with van der Waals surface area (Å²) in [6.07, 6.45) is 1.58. The predicted octanol–water partition coefficient (Wildman–Crippen LogP) is 0.792. The molecule has 0 aromatic rings. The van der Waals surface area contributed by atoms with Crippen molar-refractivity contribution in [3.8, 4) is 0 Å². The molecule has 0 aromatic heterocycles. The minimum Gasteiger partial charge on any atom is -0.394 e. The summed E-state index contributed by atoms with van der Waals surface area (Å²) in [5.41, 5.74) is 0. The Labute approximate surface area is 55.8 Å². The van der Waals surface area contributed by atoms with Crippen LogP contribution in [0.15, 0.2) is 0 Å². The molecular formula is C7H14O2. The van der Waals surface area contributed by atoms with Crippen molar-refractivity contribution in [3.05, 3.63) is 0 Å². The molecule has 1 saturated heterocycles. The quantitative estimate of drug-likeness (QED) is 0.599. The van der Waals surface area contributed by atoms with Crippen LogP contribution in [0.4, 0.5) is 0 Å². The van der Waals surface area contributed by atoms with Gasteiger partial charge in [0.05, 0.1) is 18.8 Å². The molecule has 1 rings (SSSR count). The first-order valence-corrected chi connectivity index (χ1v) is 3.50. The van der Waals surface area contributed by atoms with E-state index in [9.17, 15) is 0 Å². The molecule has 1 fully saturated rings. The third kappa shape index (κ3) is 1.43. The van der Waals surface area contributed by atoms with Crippen molar-refractivity contribution < 1.29 is 9.84 Å². The fraction of sp³-hybridized carbons (Fsp3) is 1.00. The number of hydrogen-bond donors (Lipinski definition) is 1. The molecule has 0 saturated carbocycles. The molecule has 2 nitrogen and oxygen atoms in total. The van der Waals surface area contributed by atoms with E-state index in [1.54, 1.807) is 0 Å². The van der Waals surface area contributed by atoms with Gasteiger partial charge < -0.3 is 9.84 Å². The second-order valence-electron chi connectivity index (χ2n) is 2.96. The van der Waals surface area contributed by atoms with Crippen LogP contribution in [0.1, 0.15) is 20.3 Å². The summed E-state index contributed by atoms with van der Waals surface area (Å²) in [6.45, 7) is 4.46. The average molecular weight is 130 g/mol. The molecular weight excluding hydrogens is 116 g/mol. The van der Waals surface area contributed by atoms with Crippen molar-refractivity contribution in [1.82, 2.24) is 0 Å². The lowest BCUT2D eigenvalue weighted by Gasteiger charge is -2.37. The summed E-state index contributed by atoms with van der Waals surface area (Å²) >= 11 is 0. The summed E-state index contributed by atoms with van der Waals surface area (Å²) in [5.74, 6) is 0.604. The standard InChI is InChI=1S/C7H14O2/c1-5(2)7-3-6(4-8)9-7/h5-8H,3-4H2,1-2H3/t6-,7-/m1/s1. The Morgan fingerprint density at radius 1 is 1.67 bits per heavy atom. The highest BCUT2D eigenvalue weighted by molar-refractivity contribution is 4.78. The first kappa shape index (κ1) is 7.03. The van der Waals surface area contributed by atoms with E-state index in [1.165, 1.54) is 0 Å². The molecule has 1 aliphatic rings. The summed E-state index contributed by atoms with van der Waals surface area (Å²) in [7, 11) is 0. The highest BCUT2D eigenvalue weighted by atomic mass is 16.5. The Balaban J connectivity index is 2.12. The van der Waals surface area contributed by atoms with Crippen molar-refractivity contribution in [2.75, 3.05) is 6.61 Å². The van der Waals surface area contributed by atoms with Gasteiger partial charge in [-0.15, -0.1) is 0 Å². The van der Waals surface area contributed by atoms with Gasteiger partial charge in [0, 0.05) is 6.42 Å². The topological polar surface area (TPSA) is 29.5 Å². The van der Waals surface area contributed by atoms with Gasteiger partial charge in [-0.05, 0) is 5.92 Å². The molecule has 9 heavy (non-hydrogen) atoms.